The minimum Gasteiger partial charge on any atom is -0.464 e. The molecule has 1 saturated heterocycles. The molecule has 10 heteroatoms. The molecule has 42 heavy (non-hydrogen) atoms. The van der Waals surface area contributed by atoms with Crippen molar-refractivity contribution in [1.29, 1.82) is 0 Å². The first-order valence-corrected chi connectivity index (χ1v) is 13.9. The van der Waals surface area contributed by atoms with Crippen LogP contribution < -0.4 is 15.5 Å². The van der Waals surface area contributed by atoms with Crippen molar-refractivity contribution >= 4 is 29.2 Å². The summed E-state index contributed by atoms with van der Waals surface area (Å²) in [7, 11) is 0. The molecule has 0 aromatic heterocycles. The fraction of sp³-hybridized carbons (Fsp3) is 0.344. The third-order valence-corrected chi connectivity index (χ3v) is 7.29. The quantitative estimate of drug-likeness (QED) is 0.290. The van der Waals surface area contributed by atoms with Crippen LogP contribution in [0.4, 0.5) is 24.5 Å². The Bertz CT molecular complexity index is 1380. The van der Waals surface area contributed by atoms with Crippen molar-refractivity contribution < 1.29 is 32.3 Å². The summed E-state index contributed by atoms with van der Waals surface area (Å²) in [6.07, 6.45) is -2.41. The number of rotatable bonds is 9. The number of hydrogen-bond acceptors (Lipinski definition) is 5. The summed E-state index contributed by atoms with van der Waals surface area (Å²) in [6, 6.07) is 18.3. The Morgan fingerprint density at radius 1 is 0.952 bits per heavy atom. The van der Waals surface area contributed by atoms with Crippen LogP contribution in [-0.4, -0.2) is 43.5 Å². The number of carbonyl (C=O) groups excluding carboxylic acids is 3. The monoisotopic (exact) mass is 581 g/mol. The van der Waals surface area contributed by atoms with Gasteiger partial charge in [-0.25, -0.2) is 4.79 Å². The highest BCUT2D eigenvalue weighted by Gasteiger charge is 2.30. The third-order valence-electron chi connectivity index (χ3n) is 7.29. The first-order valence-electron chi connectivity index (χ1n) is 13.9. The number of carbonyl (C=O) groups is 3. The molecule has 0 radical (unpaired) electrons. The van der Waals surface area contributed by atoms with E-state index in [1.165, 1.54) is 12.1 Å². The lowest BCUT2D eigenvalue weighted by Gasteiger charge is -2.33. The molecule has 2 N–H and O–H groups in total. The zero-order valence-corrected chi connectivity index (χ0v) is 23.5. The molecule has 1 atom stereocenters. The Labute approximate surface area is 243 Å². The summed E-state index contributed by atoms with van der Waals surface area (Å²) < 4.78 is 43.8. The second kappa shape index (κ2) is 13.5. The fourth-order valence-corrected chi connectivity index (χ4v) is 5.01. The zero-order valence-electron chi connectivity index (χ0n) is 23.5. The van der Waals surface area contributed by atoms with E-state index in [0.717, 1.165) is 43.8 Å². The van der Waals surface area contributed by atoms with Crippen LogP contribution in [0.1, 0.15) is 49.0 Å². The summed E-state index contributed by atoms with van der Waals surface area (Å²) in [4.78, 5) is 39.4. The maximum atomic E-state index is 13.1. The molecular formula is C32H34F3N3O4. The average Bonchev–Trinajstić information content (AvgIpc) is 2.97. The van der Waals surface area contributed by atoms with Crippen molar-refractivity contribution in [1.82, 2.24) is 5.32 Å². The zero-order chi connectivity index (χ0) is 30.3. The molecule has 0 saturated carbocycles. The second-order valence-corrected chi connectivity index (χ2v) is 10.3. The van der Waals surface area contributed by atoms with E-state index < -0.39 is 23.8 Å². The number of benzene rings is 3. The minimum absolute atomic E-state index is 0.158. The summed E-state index contributed by atoms with van der Waals surface area (Å²) in [5.74, 6) is -0.744. The Hall–Kier alpha value is -4.34. The molecule has 0 bridgehead atoms. The number of halogens is 3. The van der Waals surface area contributed by atoms with E-state index in [9.17, 15) is 27.6 Å². The number of esters is 1. The van der Waals surface area contributed by atoms with Crippen LogP contribution in [0, 0.1) is 5.92 Å². The van der Waals surface area contributed by atoms with E-state index in [1.54, 1.807) is 38.1 Å². The van der Waals surface area contributed by atoms with E-state index >= 15 is 0 Å². The van der Waals surface area contributed by atoms with Gasteiger partial charge >= 0.3 is 12.1 Å². The Balaban J connectivity index is 1.31. The first-order chi connectivity index (χ1) is 20.0. The lowest BCUT2D eigenvalue weighted by molar-refractivity contribution is -0.147. The van der Waals surface area contributed by atoms with Crippen molar-refractivity contribution in [2.75, 3.05) is 29.9 Å². The van der Waals surface area contributed by atoms with Gasteiger partial charge < -0.3 is 20.3 Å². The lowest BCUT2D eigenvalue weighted by atomic mass is 9.92. The lowest BCUT2D eigenvalue weighted by Crippen LogP contribution is -2.41. The summed E-state index contributed by atoms with van der Waals surface area (Å²) >= 11 is 0. The normalized spacial score (nSPS) is 14.6. The topological polar surface area (TPSA) is 87.7 Å². The van der Waals surface area contributed by atoms with Crippen LogP contribution >= 0.6 is 0 Å². The molecule has 2 amide bonds. The predicted molar refractivity (Wildman–Crippen MR) is 155 cm³/mol. The van der Waals surface area contributed by atoms with Gasteiger partial charge in [-0.05, 0) is 86.2 Å². The highest BCUT2D eigenvalue weighted by atomic mass is 19.4. The highest BCUT2D eigenvalue weighted by molar-refractivity contribution is 6.08. The fourth-order valence-electron chi connectivity index (χ4n) is 5.01. The number of hydrogen-bond donors (Lipinski definition) is 2. The number of ether oxygens (including phenoxy) is 1. The van der Waals surface area contributed by atoms with Gasteiger partial charge in [-0.2, -0.15) is 13.2 Å². The van der Waals surface area contributed by atoms with E-state index in [-0.39, 0.29) is 24.3 Å². The van der Waals surface area contributed by atoms with Gasteiger partial charge in [-0.3, -0.25) is 9.59 Å². The number of nitrogens with one attached hydrogen (secondary N) is 2. The summed E-state index contributed by atoms with van der Waals surface area (Å²) in [5.41, 5.74) is 2.24. The number of nitrogens with zero attached hydrogens (tertiary/aromatic N) is 1. The SMILES string of the molecule is CCOC(=O)[C@H](C)NC(=O)CC1CCN(c2ccc(NC(=O)c3ccccc3-c3ccc(C(F)(F)F)cc3)cc2)CC1. The van der Waals surface area contributed by atoms with Gasteiger partial charge in [-0.15, -0.1) is 0 Å². The second-order valence-electron chi connectivity index (χ2n) is 10.3. The van der Waals surface area contributed by atoms with Crippen LogP contribution in [0.2, 0.25) is 0 Å². The van der Waals surface area contributed by atoms with Gasteiger partial charge in [0, 0.05) is 36.4 Å². The molecule has 1 aliphatic rings. The molecule has 0 aliphatic carbocycles. The van der Waals surface area contributed by atoms with Gasteiger partial charge in [0.2, 0.25) is 5.91 Å². The van der Waals surface area contributed by atoms with Gasteiger partial charge in [0.15, 0.2) is 0 Å². The van der Waals surface area contributed by atoms with Crippen molar-refractivity contribution in [3.63, 3.8) is 0 Å². The van der Waals surface area contributed by atoms with Crippen LogP contribution in [-0.2, 0) is 20.5 Å². The molecule has 222 valence electrons. The number of alkyl halides is 3. The number of anilines is 2. The number of amides is 2. The van der Waals surface area contributed by atoms with Gasteiger partial charge in [0.1, 0.15) is 6.04 Å². The van der Waals surface area contributed by atoms with E-state index in [0.29, 0.717) is 28.8 Å². The molecule has 1 fully saturated rings. The molecule has 7 nitrogen and oxygen atoms in total. The third kappa shape index (κ3) is 7.90. The van der Waals surface area contributed by atoms with E-state index in [4.69, 9.17) is 4.74 Å². The van der Waals surface area contributed by atoms with Crippen LogP contribution in [0.25, 0.3) is 11.1 Å². The Morgan fingerprint density at radius 3 is 2.21 bits per heavy atom. The van der Waals surface area contributed by atoms with Crippen LogP contribution in [0.15, 0.2) is 72.8 Å². The molecule has 1 heterocycles. The minimum atomic E-state index is -4.43. The van der Waals surface area contributed by atoms with Crippen molar-refractivity contribution in [3.05, 3.63) is 83.9 Å². The van der Waals surface area contributed by atoms with Gasteiger partial charge in [0.05, 0.1) is 12.2 Å². The van der Waals surface area contributed by atoms with Gasteiger partial charge in [0.25, 0.3) is 5.91 Å². The maximum Gasteiger partial charge on any atom is 0.416 e. The summed E-state index contributed by atoms with van der Waals surface area (Å²) in [5, 5.41) is 5.59. The molecule has 0 unspecified atom stereocenters. The predicted octanol–water partition coefficient (Wildman–Crippen LogP) is 6.30. The molecule has 3 aromatic carbocycles. The Kier molecular flexibility index (Phi) is 9.88. The van der Waals surface area contributed by atoms with Crippen LogP contribution in [0.3, 0.4) is 0 Å². The average molecular weight is 582 g/mol. The first kappa shape index (κ1) is 30.6. The van der Waals surface area contributed by atoms with Crippen molar-refractivity contribution in [2.24, 2.45) is 5.92 Å². The Morgan fingerprint density at radius 2 is 1.60 bits per heavy atom. The molecular weight excluding hydrogens is 547 g/mol. The summed E-state index contributed by atoms with van der Waals surface area (Å²) in [6.45, 7) is 5.15. The molecule has 0 spiro atoms. The smallest absolute Gasteiger partial charge is 0.416 e. The van der Waals surface area contributed by atoms with E-state index in [1.807, 2.05) is 24.3 Å². The number of piperidine rings is 1. The molecule has 3 aromatic rings. The molecule has 1 aliphatic heterocycles. The van der Waals surface area contributed by atoms with Crippen molar-refractivity contribution in [2.45, 2.75) is 45.3 Å². The highest BCUT2D eigenvalue weighted by Crippen LogP contribution is 2.32. The maximum absolute atomic E-state index is 13.1. The van der Waals surface area contributed by atoms with Crippen molar-refractivity contribution in [3.8, 4) is 11.1 Å². The van der Waals surface area contributed by atoms with E-state index in [2.05, 4.69) is 15.5 Å². The largest absolute Gasteiger partial charge is 0.464 e. The standard InChI is InChI=1S/C32H34F3N3O4/c1-3-42-31(41)21(2)36-29(39)20-22-16-18-38(19-17-22)26-14-12-25(13-15-26)37-30(40)28-7-5-4-6-27(28)23-8-10-24(11-9-23)32(33,34)35/h4-15,21-22H,3,16-20H2,1-2H3,(H,36,39)(H,37,40)/t21-/m0/s1. The van der Waals surface area contributed by atoms with Crippen LogP contribution in [0.5, 0.6) is 0 Å². The molecule has 4 rings (SSSR count). The van der Waals surface area contributed by atoms with Gasteiger partial charge in [-0.1, -0.05) is 30.3 Å².